The van der Waals surface area contributed by atoms with Crippen LogP contribution < -0.4 is 5.84 Å². The molecule has 1 aromatic rings. The number of hydrogen-bond donors (Lipinski definition) is 1. The number of nitrogens with two attached hydrogens (primary N) is 1. The first-order chi connectivity index (χ1) is 9.37. The van der Waals surface area contributed by atoms with Crippen LogP contribution >= 0.6 is 0 Å². The first-order valence-electron chi connectivity index (χ1n) is 6.94. The molecule has 0 aromatic heterocycles. The number of hydrogen-bond acceptors (Lipinski definition) is 4. The molecule has 1 unspecified atom stereocenters. The van der Waals surface area contributed by atoms with E-state index in [1.54, 1.807) is 0 Å². The number of rotatable bonds is 2. The number of nitrogens with zero attached hydrogens (tertiary/aromatic N) is 2. The highest BCUT2D eigenvalue weighted by Crippen LogP contribution is 2.27. The lowest BCUT2D eigenvalue weighted by Crippen LogP contribution is -2.51. The van der Waals surface area contributed by atoms with Crippen LogP contribution in [0.4, 0.5) is 4.79 Å². The SMILES string of the molecule is CC(C)(C)OC(=O)N(N)N1CCC(c2ccccc2)C1. The van der Waals surface area contributed by atoms with Gasteiger partial charge in [0.25, 0.3) is 0 Å². The summed E-state index contributed by atoms with van der Waals surface area (Å²) in [4.78, 5) is 11.9. The summed E-state index contributed by atoms with van der Waals surface area (Å²) >= 11 is 0. The van der Waals surface area contributed by atoms with Crippen LogP contribution in [0.1, 0.15) is 38.7 Å². The lowest BCUT2D eigenvalue weighted by molar-refractivity contribution is -0.0420. The van der Waals surface area contributed by atoms with Crippen LogP contribution in [0.15, 0.2) is 30.3 Å². The predicted octanol–water partition coefficient (Wildman–Crippen LogP) is 2.50. The van der Waals surface area contributed by atoms with Crippen LogP contribution in [0.5, 0.6) is 0 Å². The molecule has 1 atom stereocenters. The molecule has 1 saturated heterocycles. The van der Waals surface area contributed by atoms with Crippen molar-refractivity contribution in [2.24, 2.45) is 5.84 Å². The molecule has 0 aliphatic carbocycles. The topological polar surface area (TPSA) is 58.8 Å². The molecule has 1 heterocycles. The minimum Gasteiger partial charge on any atom is -0.442 e. The standard InChI is InChI=1S/C15H23N3O2/c1-15(2,3)20-14(19)18(16)17-10-9-13(11-17)12-7-5-4-6-8-12/h4-8,13H,9-11,16H2,1-3H3. The van der Waals surface area contributed by atoms with Crippen LogP contribution in [0.2, 0.25) is 0 Å². The van der Waals surface area contributed by atoms with Crippen molar-refractivity contribution in [3.8, 4) is 0 Å². The molecule has 1 aliphatic heterocycles. The number of amides is 1. The van der Waals surface area contributed by atoms with Gasteiger partial charge in [0.2, 0.25) is 0 Å². The average Bonchev–Trinajstić information content (AvgIpc) is 2.86. The van der Waals surface area contributed by atoms with Gasteiger partial charge in [0.05, 0.1) is 0 Å². The maximum atomic E-state index is 11.9. The zero-order valence-electron chi connectivity index (χ0n) is 12.4. The van der Waals surface area contributed by atoms with Crippen molar-refractivity contribution in [3.05, 3.63) is 35.9 Å². The molecule has 0 bridgehead atoms. The fourth-order valence-corrected chi connectivity index (χ4v) is 2.36. The monoisotopic (exact) mass is 277 g/mol. The largest absolute Gasteiger partial charge is 0.442 e. The molecular formula is C15H23N3O2. The van der Waals surface area contributed by atoms with E-state index in [0.717, 1.165) is 24.6 Å². The van der Waals surface area contributed by atoms with Crippen molar-refractivity contribution < 1.29 is 9.53 Å². The average molecular weight is 277 g/mol. The van der Waals surface area contributed by atoms with Crippen molar-refractivity contribution in [2.45, 2.75) is 38.7 Å². The summed E-state index contributed by atoms with van der Waals surface area (Å²) in [7, 11) is 0. The van der Waals surface area contributed by atoms with Crippen LogP contribution in [-0.4, -0.2) is 34.9 Å². The van der Waals surface area contributed by atoms with E-state index in [1.807, 2.05) is 44.0 Å². The van der Waals surface area contributed by atoms with E-state index in [4.69, 9.17) is 10.6 Å². The highest BCUT2D eigenvalue weighted by molar-refractivity contribution is 5.66. The molecule has 2 N–H and O–H groups in total. The Morgan fingerprint density at radius 2 is 2.00 bits per heavy atom. The lowest BCUT2D eigenvalue weighted by Gasteiger charge is -2.29. The van der Waals surface area contributed by atoms with Gasteiger partial charge in [-0.1, -0.05) is 30.3 Å². The van der Waals surface area contributed by atoms with Crippen molar-refractivity contribution in [2.75, 3.05) is 13.1 Å². The smallest absolute Gasteiger partial charge is 0.439 e. The normalized spacial score (nSPS) is 19.9. The van der Waals surface area contributed by atoms with Gasteiger partial charge in [-0.25, -0.2) is 15.6 Å². The Kier molecular flexibility index (Phi) is 4.30. The van der Waals surface area contributed by atoms with E-state index in [-0.39, 0.29) is 0 Å². The molecule has 5 nitrogen and oxygen atoms in total. The van der Waals surface area contributed by atoms with Crippen molar-refractivity contribution in [3.63, 3.8) is 0 Å². The number of carbonyl (C=O) groups excluding carboxylic acids is 1. The molecule has 1 fully saturated rings. The molecule has 1 amide bonds. The summed E-state index contributed by atoms with van der Waals surface area (Å²) in [5, 5.41) is 2.94. The molecule has 1 aliphatic rings. The Hall–Kier alpha value is -1.59. The third kappa shape index (κ3) is 3.71. The molecule has 1 aromatic carbocycles. The van der Waals surface area contributed by atoms with Gasteiger partial charge in [-0.2, -0.15) is 5.12 Å². The Morgan fingerprint density at radius 1 is 1.35 bits per heavy atom. The Balaban J connectivity index is 1.94. The summed E-state index contributed by atoms with van der Waals surface area (Å²) < 4.78 is 5.27. The maximum absolute atomic E-state index is 11.9. The summed E-state index contributed by atoms with van der Waals surface area (Å²) in [5.74, 6) is 6.26. The molecule has 0 saturated carbocycles. The zero-order chi connectivity index (χ0) is 14.8. The van der Waals surface area contributed by atoms with E-state index in [0.29, 0.717) is 5.92 Å². The van der Waals surface area contributed by atoms with Gasteiger partial charge >= 0.3 is 6.09 Å². The number of benzene rings is 1. The fourth-order valence-electron chi connectivity index (χ4n) is 2.36. The van der Waals surface area contributed by atoms with E-state index >= 15 is 0 Å². The summed E-state index contributed by atoms with van der Waals surface area (Å²) in [6, 6.07) is 10.3. The second-order valence-corrected chi connectivity index (χ2v) is 6.13. The van der Waals surface area contributed by atoms with E-state index in [9.17, 15) is 4.79 Å². The van der Waals surface area contributed by atoms with Gasteiger partial charge < -0.3 is 4.74 Å². The molecule has 0 spiro atoms. The summed E-state index contributed by atoms with van der Waals surface area (Å²) in [6.07, 6.45) is 0.478. The molecule has 2 rings (SSSR count). The molecule has 20 heavy (non-hydrogen) atoms. The van der Waals surface area contributed by atoms with E-state index in [2.05, 4.69) is 12.1 Å². The predicted molar refractivity (Wildman–Crippen MR) is 77.6 cm³/mol. The van der Waals surface area contributed by atoms with Gasteiger partial charge in [0.15, 0.2) is 0 Å². The Bertz CT molecular complexity index is 456. The van der Waals surface area contributed by atoms with Gasteiger partial charge in [-0.05, 0) is 38.7 Å². The number of carbonyl (C=O) groups is 1. The minimum atomic E-state index is -0.534. The second kappa shape index (κ2) is 5.81. The first kappa shape index (κ1) is 14.8. The molecule has 0 radical (unpaired) electrons. The summed E-state index contributed by atoms with van der Waals surface area (Å²) in [6.45, 7) is 6.98. The van der Waals surface area contributed by atoms with Crippen LogP contribution in [0.3, 0.4) is 0 Å². The van der Waals surface area contributed by atoms with Crippen LogP contribution in [0.25, 0.3) is 0 Å². The van der Waals surface area contributed by atoms with Crippen molar-refractivity contribution in [1.29, 1.82) is 0 Å². The minimum absolute atomic E-state index is 0.407. The summed E-state index contributed by atoms with van der Waals surface area (Å²) in [5.41, 5.74) is 0.750. The third-order valence-electron chi connectivity index (χ3n) is 3.32. The van der Waals surface area contributed by atoms with Gasteiger partial charge in [-0.3, -0.25) is 0 Å². The van der Waals surface area contributed by atoms with E-state index < -0.39 is 11.7 Å². The highest BCUT2D eigenvalue weighted by atomic mass is 16.6. The Labute approximate surface area is 120 Å². The third-order valence-corrected chi connectivity index (χ3v) is 3.32. The van der Waals surface area contributed by atoms with Crippen LogP contribution in [-0.2, 0) is 4.74 Å². The molecule has 5 heteroatoms. The first-order valence-corrected chi connectivity index (χ1v) is 6.94. The zero-order valence-corrected chi connectivity index (χ0v) is 12.4. The van der Waals surface area contributed by atoms with Crippen molar-refractivity contribution >= 4 is 6.09 Å². The highest BCUT2D eigenvalue weighted by Gasteiger charge is 2.31. The molecule has 110 valence electrons. The van der Waals surface area contributed by atoms with Gasteiger partial charge in [0, 0.05) is 13.1 Å². The lowest BCUT2D eigenvalue weighted by atomic mass is 9.99. The number of ether oxygens (including phenoxy) is 1. The Morgan fingerprint density at radius 3 is 2.60 bits per heavy atom. The fraction of sp³-hybridized carbons (Fsp3) is 0.533. The van der Waals surface area contributed by atoms with E-state index in [1.165, 1.54) is 5.56 Å². The number of hydrazine groups is 2. The van der Waals surface area contributed by atoms with Gasteiger partial charge in [0.1, 0.15) is 5.60 Å². The van der Waals surface area contributed by atoms with Gasteiger partial charge in [-0.15, -0.1) is 0 Å². The van der Waals surface area contributed by atoms with Crippen molar-refractivity contribution in [1.82, 2.24) is 10.1 Å². The maximum Gasteiger partial charge on any atom is 0.439 e. The molecular weight excluding hydrogens is 254 g/mol. The second-order valence-electron chi connectivity index (χ2n) is 6.13. The quantitative estimate of drug-likeness (QED) is 0.512. The van der Waals surface area contributed by atoms with Crippen LogP contribution in [0, 0.1) is 0 Å².